The van der Waals surface area contributed by atoms with Gasteiger partial charge in [0.2, 0.25) is 0 Å². The molecule has 4 nitrogen and oxygen atoms in total. The fourth-order valence-corrected chi connectivity index (χ4v) is 2.38. The van der Waals surface area contributed by atoms with E-state index in [4.69, 9.17) is 4.74 Å². The summed E-state index contributed by atoms with van der Waals surface area (Å²) in [5, 5.41) is 0. The quantitative estimate of drug-likeness (QED) is 0.735. The van der Waals surface area contributed by atoms with Crippen LogP contribution in [0.25, 0.3) is 0 Å². The second kappa shape index (κ2) is 4.96. The zero-order chi connectivity index (χ0) is 14.2. The average molecular weight is 326 g/mol. The summed E-state index contributed by atoms with van der Waals surface area (Å²) in [6.07, 6.45) is -0.127. The molecule has 19 heavy (non-hydrogen) atoms. The van der Waals surface area contributed by atoms with Crippen molar-refractivity contribution in [2.24, 2.45) is 0 Å². The monoisotopic (exact) mass is 325 g/mol. The highest BCUT2D eigenvalue weighted by Crippen LogP contribution is 2.29. The van der Waals surface area contributed by atoms with Crippen molar-refractivity contribution in [1.29, 1.82) is 0 Å². The van der Waals surface area contributed by atoms with Gasteiger partial charge in [0.15, 0.2) is 5.78 Å². The number of Topliss-reactive ketones (excluding diaryl/α,β-unsaturated/α-hetero) is 1. The average Bonchev–Trinajstić information content (AvgIpc) is 2.24. The molecule has 1 amide bonds. The van der Waals surface area contributed by atoms with E-state index >= 15 is 0 Å². The Morgan fingerprint density at radius 1 is 1.37 bits per heavy atom. The molecule has 5 heteroatoms. The number of amides is 1. The maximum Gasteiger partial charge on any atom is 0.415 e. The third-order valence-corrected chi connectivity index (χ3v) is 3.16. The second-order valence-electron chi connectivity index (χ2n) is 5.55. The van der Waals surface area contributed by atoms with Crippen LogP contribution in [0.5, 0.6) is 0 Å². The van der Waals surface area contributed by atoms with Crippen LogP contribution in [0, 0.1) is 0 Å². The molecule has 0 radical (unpaired) electrons. The minimum Gasteiger partial charge on any atom is -0.443 e. The smallest absolute Gasteiger partial charge is 0.415 e. The van der Waals surface area contributed by atoms with Gasteiger partial charge < -0.3 is 4.74 Å². The van der Waals surface area contributed by atoms with Crippen molar-refractivity contribution in [2.45, 2.75) is 32.8 Å². The van der Waals surface area contributed by atoms with Gasteiger partial charge in [-0.3, -0.25) is 9.69 Å². The maximum atomic E-state index is 12.1. The number of hydrogen-bond donors (Lipinski definition) is 0. The molecule has 0 atom stereocenters. The second-order valence-corrected chi connectivity index (χ2v) is 6.47. The molecule has 0 fully saturated rings. The van der Waals surface area contributed by atoms with E-state index < -0.39 is 11.7 Å². The Labute approximate surface area is 120 Å². The summed E-state index contributed by atoms with van der Waals surface area (Å²) >= 11 is 3.37. The van der Waals surface area contributed by atoms with Crippen LogP contribution in [0.15, 0.2) is 22.7 Å². The first kappa shape index (κ1) is 14.1. The van der Waals surface area contributed by atoms with Crippen LogP contribution in [0.3, 0.4) is 0 Å². The minimum absolute atomic E-state index is 0.0106. The normalized spacial score (nSPS) is 15.2. The van der Waals surface area contributed by atoms with Gasteiger partial charge in [-0.25, -0.2) is 4.79 Å². The van der Waals surface area contributed by atoms with E-state index in [1.165, 1.54) is 4.90 Å². The van der Waals surface area contributed by atoms with Gasteiger partial charge in [-0.05, 0) is 44.5 Å². The van der Waals surface area contributed by atoms with E-state index in [1.54, 1.807) is 20.8 Å². The summed E-state index contributed by atoms with van der Waals surface area (Å²) in [6.45, 7) is 5.49. The van der Waals surface area contributed by atoms with E-state index in [0.29, 0.717) is 6.42 Å². The standard InChI is InChI=1S/C14H16BrNO3/c1-14(2,3)19-13(18)16-8-11(17)7-9-6-10(15)4-5-12(9)16/h4-6H,7-8H2,1-3H3. The highest BCUT2D eigenvalue weighted by Gasteiger charge is 2.30. The predicted octanol–water partition coefficient (Wildman–Crippen LogP) is 3.32. The van der Waals surface area contributed by atoms with Crippen molar-refractivity contribution in [2.75, 3.05) is 11.4 Å². The first-order chi connectivity index (χ1) is 8.76. The minimum atomic E-state index is -0.576. The van der Waals surface area contributed by atoms with Crippen molar-refractivity contribution < 1.29 is 14.3 Å². The number of hydrogen-bond acceptors (Lipinski definition) is 3. The van der Waals surface area contributed by atoms with Crippen LogP contribution in [0.1, 0.15) is 26.3 Å². The van der Waals surface area contributed by atoms with Gasteiger partial charge in [0.25, 0.3) is 0 Å². The van der Waals surface area contributed by atoms with E-state index in [1.807, 2.05) is 18.2 Å². The van der Waals surface area contributed by atoms with Gasteiger partial charge in [0.05, 0.1) is 12.2 Å². The van der Waals surface area contributed by atoms with Gasteiger partial charge >= 0.3 is 6.09 Å². The number of carbonyl (C=O) groups excluding carboxylic acids is 2. The maximum absolute atomic E-state index is 12.1. The Hall–Kier alpha value is -1.36. The number of ketones is 1. The molecule has 0 saturated heterocycles. The van der Waals surface area contributed by atoms with Crippen LogP contribution in [-0.4, -0.2) is 24.0 Å². The molecule has 0 N–H and O–H groups in total. The Balaban J connectivity index is 2.33. The number of rotatable bonds is 0. The molecule has 1 aliphatic heterocycles. The van der Waals surface area contributed by atoms with E-state index in [9.17, 15) is 9.59 Å². The molecule has 0 unspecified atom stereocenters. The number of halogens is 1. The summed E-state index contributed by atoms with van der Waals surface area (Å²) in [5.41, 5.74) is 1.01. The van der Waals surface area contributed by atoms with Gasteiger partial charge in [-0.1, -0.05) is 15.9 Å². The first-order valence-electron chi connectivity index (χ1n) is 6.07. The van der Waals surface area contributed by atoms with Crippen LogP contribution >= 0.6 is 15.9 Å². The van der Waals surface area contributed by atoms with Gasteiger partial charge in [-0.15, -0.1) is 0 Å². The molecule has 0 saturated carbocycles. The first-order valence-corrected chi connectivity index (χ1v) is 6.86. The van der Waals surface area contributed by atoms with Gasteiger partial charge in [-0.2, -0.15) is 0 Å². The lowest BCUT2D eigenvalue weighted by atomic mass is 10.0. The van der Waals surface area contributed by atoms with Crippen molar-refractivity contribution in [1.82, 2.24) is 0 Å². The van der Waals surface area contributed by atoms with Crippen molar-refractivity contribution in [3.8, 4) is 0 Å². The Morgan fingerprint density at radius 3 is 2.68 bits per heavy atom. The topological polar surface area (TPSA) is 46.6 Å². The van der Waals surface area contributed by atoms with Crippen LogP contribution in [0.2, 0.25) is 0 Å². The lowest BCUT2D eigenvalue weighted by Gasteiger charge is -2.31. The predicted molar refractivity (Wildman–Crippen MR) is 76.4 cm³/mol. The van der Waals surface area contributed by atoms with E-state index in [2.05, 4.69) is 15.9 Å². The van der Waals surface area contributed by atoms with E-state index in [0.717, 1.165) is 15.7 Å². The molecule has 1 aliphatic rings. The molecule has 1 aromatic carbocycles. The van der Waals surface area contributed by atoms with Crippen molar-refractivity contribution in [3.05, 3.63) is 28.2 Å². The number of carbonyl (C=O) groups is 2. The Morgan fingerprint density at radius 2 is 2.05 bits per heavy atom. The third kappa shape index (κ3) is 3.35. The van der Waals surface area contributed by atoms with E-state index in [-0.39, 0.29) is 12.3 Å². The van der Waals surface area contributed by atoms with Crippen molar-refractivity contribution >= 4 is 33.5 Å². The van der Waals surface area contributed by atoms with Crippen LogP contribution < -0.4 is 4.90 Å². The molecule has 0 aliphatic carbocycles. The molecule has 0 spiro atoms. The largest absolute Gasteiger partial charge is 0.443 e. The molecule has 0 bridgehead atoms. The summed E-state index contributed by atoms with van der Waals surface area (Å²) in [7, 11) is 0. The molecular formula is C14H16BrNO3. The number of fused-ring (bicyclic) bond motifs is 1. The molecule has 102 valence electrons. The SMILES string of the molecule is CC(C)(C)OC(=O)N1CC(=O)Cc2cc(Br)ccc21. The highest BCUT2D eigenvalue weighted by atomic mass is 79.9. The fourth-order valence-electron chi connectivity index (χ4n) is 1.97. The van der Waals surface area contributed by atoms with Crippen LogP contribution in [0.4, 0.5) is 10.5 Å². The summed E-state index contributed by atoms with van der Waals surface area (Å²) < 4.78 is 6.23. The zero-order valence-electron chi connectivity index (χ0n) is 11.2. The number of benzene rings is 1. The van der Waals surface area contributed by atoms with Crippen molar-refractivity contribution in [3.63, 3.8) is 0 Å². The lowest BCUT2D eigenvalue weighted by molar-refractivity contribution is -0.117. The number of ether oxygens (including phenoxy) is 1. The molecule has 1 heterocycles. The summed E-state index contributed by atoms with van der Waals surface area (Å²) in [6, 6.07) is 5.55. The molecular weight excluding hydrogens is 310 g/mol. The fraction of sp³-hybridized carbons (Fsp3) is 0.429. The molecule has 1 aromatic rings. The van der Waals surface area contributed by atoms with Gasteiger partial charge in [0, 0.05) is 10.9 Å². The number of nitrogens with zero attached hydrogens (tertiary/aromatic N) is 1. The third-order valence-electron chi connectivity index (χ3n) is 2.67. The molecule has 2 rings (SSSR count). The van der Waals surface area contributed by atoms with Crippen LogP contribution in [-0.2, 0) is 16.0 Å². The summed E-state index contributed by atoms with van der Waals surface area (Å²) in [5.74, 6) is 0.0106. The van der Waals surface area contributed by atoms with Gasteiger partial charge in [0.1, 0.15) is 5.60 Å². The number of anilines is 1. The zero-order valence-corrected chi connectivity index (χ0v) is 12.8. The highest BCUT2D eigenvalue weighted by molar-refractivity contribution is 9.10. The summed E-state index contributed by atoms with van der Waals surface area (Å²) in [4.78, 5) is 25.3. The lowest BCUT2D eigenvalue weighted by Crippen LogP contribution is -2.43. The Kier molecular flexibility index (Phi) is 3.67. The Bertz CT molecular complexity index is 534. The molecule has 0 aromatic heterocycles.